The van der Waals surface area contributed by atoms with Crippen molar-refractivity contribution in [1.29, 1.82) is 0 Å². The van der Waals surface area contributed by atoms with Gasteiger partial charge in [0.2, 0.25) is 0 Å². The number of nitrogens with zero attached hydrogens (tertiary/aromatic N) is 2. The number of aliphatic carboxylic acids is 1. The summed E-state index contributed by atoms with van der Waals surface area (Å²) in [6.45, 7) is 6.25. The van der Waals surface area contributed by atoms with Crippen LogP contribution in [0.3, 0.4) is 0 Å². The van der Waals surface area contributed by atoms with Crippen molar-refractivity contribution in [3.8, 4) is 11.8 Å². The summed E-state index contributed by atoms with van der Waals surface area (Å²) in [5.41, 5.74) is 2.41. The third-order valence-electron chi connectivity index (χ3n) is 6.52. The van der Waals surface area contributed by atoms with Gasteiger partial charge >= 0.3 is 12.1 Å². The fourth-order valence-electron chi connectivity index (χ4n) is 4.81. The molecule has 0 aliphatic carbocycles. The van der Waals surface area contributed by atoms with Crippen molar-refractivity contribution in [2.45, 2.75) is 44.4 Å². The Labute approximate surface area is 208 Å². The van der Waals surface area contributed by atoms with Crippen LogP contribution in [-0.4, -0.2) is 27.5 Å². The van der Waals surface area contributed by atoms with Crippen LogP contribution in [0.5, 0.6) is 0 Å². The monoisotopic (exact) mass is 492 g/mol. The molecule has 1 fully saturated rings. The molecule has 3 atom stereocenters. The highest BCUT2D eigenvalue weighted by atomic mass is 19.4. The summed E-state index contributed by atoms with van der Waals surface area (Å²) in [5.74, 6) is 5.41. The molecule has 186 valence electrons. The Kier molecular flexibility index (Phi) is 7.46. The van der Waals surface area contributed by atoms with Gasteiger partial charge in [0, 0.05) is 36.2 Å². The molecular weight excluding hydrogens is 465 g/mol. The van der Waals surface area contributed by atoms with Crippen molar-refractivity contribution >= 4 is 16.9 Å². The molecule has 2 heterocycles. The highest BCUT2D eigenvalue weighted by Gasteiger charge is 2.36. The number of allylic oxidation sites excluding steroid dienone is 1. The standard InChI is InChI=1S/C29H27F3N2O2/c1-19(2)7-12-26(23-17-22-5-3-4-6-25(22)33-18-23)34-14-13-20(16-28(35)36)15-27(34)21-8-10-24(11-9-21)29(30,31)32/h3-6,8-11,17-18,20,26-27H,1,13-16H2,2H3,(H,35,36)/t20-,26-,27+/m1/s1. The normalized spacial score (nSPS) is 19.3. The maximum absolute atomic E-state index is 13.2. The van der Waals surface area contributed by atoms with E-state index in [0.717, 1.165) is 28.6 Å². The molecule has 1 aromatic heterocycles. The minimum atomic E-state index is -4.43. The lowest BCUT2D eigenvalue weighted by molar-refractivity contribution is -0.139. The van der Waals surface area contributed by atoms with Crippen LogP contribution in [0.4, 0.5) is 13.2 Å². The van der Waals surface area contributed by atoms with Gasteiger partial charge in [-0.1, -0.05) is 48.8 Å². The molecule has 3 aromatic rings. The summed E-state index contributed by atoms with van der Waals surface area (Å²) in [6, 6.07) is 14.2. The average molecular weight is 493 g/mol. The molecule has 1 aliphatic heterocycles. The topological polar surface area (TPSA) is 53.4 Å². The van der Waals surface area contributed by atoms with E-state index < -0.39 is 23.8 Å². The molecular formula is C29H27F3N2O2. The molecule has 4 rings (SSSR count). The van der Waals surface area contributed by atoms with E-state index in [0.29, 0.717) is 30.5 Å². The zero-order chi connectivity index (χ0) is 25.9. The van der Waals surface area contributed by atoms with E-state index in [4.69, 9.17) is 0 Å². The smallest absolute Gasteiger partial charge is 0.416 e. The van der Waals surface area contributed by atoms with Crippen molar-refractivity contribution in [2.24, 2.45) is 5.92 Å². The van der Waals surface area contributed by atoms with Crippen LogP contribution in [0.1, 0.15) is 55.0 Å². The first kappa shape index (κ1) is 25.5. The lowest BCUT2D eigenvalue weighted by atomic mass is 9.83. The van der Waals surface area contributed by atoms with Gasteiger partial charge in [-0.2, -0.15) is 13.2 Å². The number of fused-ring (bicyclic) bond motifs is 1. The molecule has 1 aliphatic rings. The number of benzene rings is 2. The lowest BCUT2D eigenvalue weighted by Gasteiger charge is -2.42. The number of carboxylic acids is 1. The van der Waals surface area contributed by atoms with E-state index in [1.165, 1.54) is 12.1 Å². The van der Waals surface area contributed by atoms with Gasteiger partial charge in [0.15, 0.2) is 0 Å². The Morgan fingerprint density at radius 1 is 1.22 bits per heavy atom. The van der Waals surface area contributed by atoms with E-state index >= 15 is 0 Å². The number of para-hydroxylation sites is 1. The van der Waals surface area contributed by atoms with E-state index in [2.05, 4.69) is 28.3 Å². The Bertz CT molecular complexity index is 1320. The maximum atomic E-state index is 13.2. The largest absolute Gasteiger partial charge is 0.481 e. The van der Waals surface area contributed by atoms with Gasteiger partial charge in [0.1, 0.15) is 0 Å². The number of aromatic nitrogens is 1. The van der Waals surface area contributed by atoms with E-state index in [1.807, 2.05) is 37.3 Å². The Balaban J connectivity index is 1.77. The van der Waals surface area contributed by atoms with Crippen molar-refractivity contribution < 1.29 is 23.1 Å². The second-order valence-corrected chi connectivity index (χ2v) is 9.28. The van der Waals surface area contributed by atoms with Crippen molar-refractivity contribution in [3.63, 3.8) is 0 Å². The first-order valence-electron chi connectivity index (χ1n) is 11.8. The second kappa shape index (κ2) is 10.5. The van der Waals surface area contributed by atoms with Gasteiger partial charge in [-0.25, -0.2) is 0 Å². The Morgan fingerprint density at radius 3 is 2.61 bits per heavy atom. The lowest BCUT2D eigenvalue weighted by Crippen LogP contribution is -2.39. The van der Waals surface area contributed by atoms with Crippen LogP contribution in [0, 0.1) is 17.8 Å². The van der Waals surface area contributed by atoms with Crippen LogP contribution in [0.25, 0.3) is 10.9 Å². The number of halogens is 3. The third kappa shape index (κ3) is 5.95. The number of hydrogen-bond acceptors (Lipinski definition) is 3. The quantitative estimate of drug-likeness (QED) is 0.398. The van der Waals surface area contributed by atoms with E-state index in [9.17, 15) is 23.1 Å². The van der Waals surface area contributed by atoms with Crippen molar-refractivity contribution in [1.82, 2.24) is 9.88 Å². The van der Waals surface area contributed by atoms with Crippen molar-refractivity contribution in [3.05, 3.63) is 89.6 Å². The summed E-state index contributed by atoms with van der Waals surface area (Å²) < 4.78 is 39.6. The summed E-state index contributed by atoms with van der Waals surface area (Å²) in [5, 5.41) is 10.3. The molecule has 0 saturated carbocycles. The first-order chi connectivity index (χ1) is 17.1. The van der Waals surface area contributed by atoms with E-state index in [1.54, 1.807) is 6.20 Å². The number of piperidine rings is 1. The highest BCUT2D eigenvalue weighted by molar-refractivity contribution is 5.79. The molecule has 0 spiro atoms. The summed E-state index contributed by atoms with van der Waals surface area (Å²) in [4.78, 5) is 18.2. The Morgan fingerprint density at radius 2 is 1.94 bits per heavy atom. The zero-order valence-corrected chi connectivity index (χ0v) is 19.9. The highest BCUT2D eigenvalue weighted by Crippen LogP contribution is 2.41. The second-order valence-electron chi connectivity index (χ2n) is 9.28. The summed E-state index contributed by atoms with van der Waals surface area (Å²) >= 11 is 0. The molecule has 0 unspecified atom stereocenters. The van der Waals surface area contributed by atoms with Gasteiger partial charge in [-0.05, 0) is 61.1 Å². The fraction of sp³-hybridized carbons (Fsp3) is 0.310. The Hall–Kier alpha value is -3.63. The summed E-state index contributed by atoms with van der Waals surface area (Å²) in [6.07, 6.45) is -1.47. The number of carboxylic acid groups (broad SMARTS) is 1. The maximum Gasteiger partial charge on any atom is 0.416 e. The number of hydrogen-bond donors (Lipinski definition) is 1. The molecule has 2 aromatic carbocycles. The predicted molar refractivity (Wildman–Crippen MR) is 133 cm³/mol. The predicted octanol–water partition coefficient (Wildman–Crippen LogP) is 6.80. The van der Waals surface area contributed by atoms with Crippen LogP contribution in [0.2, 0.25) is 0 Å². The zero-order valence-electron chi connectivity index (χ0n) is 19.9. The molecule has 4 nitrogen and oxygen atoms in total. The van der Waals surface area contributed by atoms with E-state index in [-0.39, 0.29) is 18.4 Å². The fourth-order valence-corrected chi connectivity index (χ4v) is 4.81. The number of pyridine rings is 1. The van der Waals surface area contributed by atoms with Gasteiger partial charge in [-0.3, -0.25) is 14.7 Å². The van der Waals surface area contributed by atoms with Crippen LogP contribution in [-0.2, 0) is 11.0 Å². The number of likely N-dealkylation sites (tertiary alicyclic amines) is 1. The molecule has 0 bridgehead atoms. The first-order valence-corrected chi connectivity index (χ1v) is 11.8. The van der Waals surface area contributed by atoms with Gasteiger partial charge < -0.3 is 5.11 Å². The minimum Gasteiger partial charge on any atom is -0.481 e. The summed E-state index contributed by atoms with van der Waals surface area (Å²) in [7, 11) is 0. The van der Waals surface area contributed by atoms with Crippen LogP contribution in [0.15, 0.2) is 72.9 Å². The number of rotatable bonds is 5. The molecule has 0 amide bonds. The molecule has 7 heteroatoms. The molecule has 36 heavy (non-hydrogen) atoms. The van der Waals surface area contributed by atoms with Gasteiger partial charge in [0.25, 0.3) is 0 Å². The van der Waals surface area contributed by atoms with Gasteiger partial charge in [0.05, 0.1) is 17.1 Å². The van der Waals surface area contributed by atoms with Crippen molar-refractivity contribution in [2.75, 3.05) is 6.54 Å². The number of alkyl halides is 3. The SMILES string of the molecule is C=C(C)C#C[C@H](c1cnc2ccccc2c1)N1CC[C@@H](CC(=O)O)C[C@H]1c1ccc(C(F)(F)F)cc1. The number of carbonyl (C=O) groups is 1. The molecule has 1 saturated heterocycles. The van der Waals surface area contributed by atoms with Crippen LogP contribution < -0.4 is 0 Å². The molecule has 0 radical (unpaired) electrons. The van der Waals surface area contributed by atoms with Gasteiger partial charge in [-0.15, -0.1) is 0 Å². The van der Waals surface area contributed by atoms with Crippen LogP contribution >= 0.6 is 0 Å². The minimum absolute atomic E-state index is 0.0185. The molecule has 1 N–H and O–H groups in total. The average Bonchev–Trinajstić information content (AvgIpc) is 2.83. The third-order valence-corrected chi connectivity index (χ3v) is 6.52.